The van der Waals surface area contributed by atoms with E-state index < -0.39 is 0 Å². The highest BCUT2D eigenvalue weighted by Gasteiger charge is 2.20. The fourth-order valence-electron chi connectivity index (χ4n) is 3.02. The first-order chi connectivity index (χ1) is 12.1. The van der Waals surface area contributed by atoms with Crippen molar-refractivity contribution in [3.63, 3.8) is 0 Å². The van der Waals surface area contributed by atoms with E-state index in [1.165, 1.54) is 5.56 Å². The molecule has 1 atom stereocenters. The molecule has 0 heterocycles. The molecular weight excluding hydrogens is 312 g/mol. The number of para-hydroxylation sites is 1. The zero-order valence-corrected chi connectivity index (χ0v) is 15.4. The average molecular weight is 341 g/mol. The van der Waals surface area contributed by atoms with Crippen LogP contribution in [0.2, 0.25) is 0 Å². The van der Waals surface area contributed by atoms with Gasteiger partial charge in [0, 0.05) is 18.0 Å². The molecule has 0 spiro atoms. The van der Waals surface area contributed by atoms with Gasteiger partial charge in [0.1, 0.15) is 11.8 Å². The predicted octanol–water partition coefficient (Wildman–Crippen LogP) is 2.31. The van der Waals surface area contributed by atoms with Crippen LogP contribution < -0.4 is 15.4 Å². The minimum atomic E-state index is 0.0662. The maximum atomic E-state index is 12.2. The molecule has 4 nitrogen and oxygen atoms in total. The number of methoxy groups -OCH3 is 1. The van der Waals surface area contributed by atoms with Crippen LogP contribution in [-0.2, 0) is 11.2 Å². The van der Waals surface area contributed by atoms with Gasteiger partial charge in [-0.3, -0.25) is 4.79 Å². The van der Waals surface area contributed by atoms with Gasteiger partial charge >= 0.3 is 0 Å². The summed E-state index contributed by atoms with van der Waals surface area (Å²) in [6.45, 7) is 5.43. The maximum Gasteiger partial charge on any atom is 0.275 e. The Morgan fingerprint density at radius 3 is 2.44 bits per heavy atom. The molecule has 0 saturated heterocycles. The summed E-state index contributed by atoms with van der Waals surface area (Å²) in [7, 11) is 1.67. The number of quaternary nitrogens is 1. The molecule has 0 fully saturated rings. The fourth-order valence-corrected chi connectivity index (χ4v) is 3.02. The zero-order valence-electron chi connectivity index (χ0n) is 15.4. The van der Waals surface area contributed by atoms with E-state index in [1.54, 1.807) is 7.11 Å². The number of nitrogens with two attached hydrogens (primary N) is 1. The molecule has 1 amide bonds. The summed E-state index contributed by atoms with van der Waals surface area (Å²) in [5.74, 6) is 1.40. The third kappa shape index (κ3) is 5.91. The van der Waals surface area contributed by atoms with Crippen molar-refractivity contribution in [3.05, 3.63) is 65.7 Å². The number of carbonyl (C=O) groups is 1. The average Bonchev–Trinajstić information content (AvgIpc) is 2.63. The molecule has 0 unspecified atom stereocenters. The lowest BCUT2D eigenvalue weighted by Gasteiger charge is -2.19. The minimum Gasteiger partial charge on any atom is -0.496 e. The summed E-state index contributed by atoms with van der Waals surface area (Å²) >= 11 is 0. The third-order valence-electron chi connectivity index (χ3n) is 4.37. The molecule has 4 heteroatoms. The number of carbonyl (C=O) groups excluding carboxylic acids is 1. The van der Waals surface area contributed by atoms with Crippen LogP contribution in [0.3, 0.4) is 0 Å². The van der Waals surface area contributed by atoms with Crippen molar-refractivity contribution in [3.8, 4) is 5.75 Å². The van der Waals surface area contributed by atoms with Crippen molar-refractivity contribution < 1.29 is 14.8 Å². The topological polar surface area (TPSA) is 54.9 Å². The Bertz CT molecular complexity index is 656. The highest BCUT2D eigenvalue weighted by Crippen LogP contribution is 2.17. The van der Waals surface area contributed by atoms with Gasteiger partial charge in [0.2, 0.25) is 0 Å². The molecular formula is C21H29N2O2+. The molecule has 3 N–H and O–H groups in total. The number of rotatable bonds is 9. The normalized spacial score (nSPS) is 12.0. The van der Waals surface area contributed by atoms with Crippen LogP contribution in [-0.4, -0.2) is 26.1 Å². The Kier molecular flexibility index (Phi) is 7.48. The van der Waals surface area contributed by atoms with Gasteiger partial charge in [0.25, 0.3) is 5.91 Å². The second-order valence-corrected chi connectivity index (χ2v) is 6.53. The Morgan fingerprint density at radius 1 is 1.08 bits per heavy atom. The van der Waals surface area contributed by atoms with Crippen molar-refractivity contribution in [2.45, 2.75) is 26.3 Å². The molecule has 2 rings (SSSR count). The summed E-state index contributed by atoms with van der Waals surface area (Å²) < 4.78 is 5.34. The summed E-state index contributed by atoms with van der Waals surface area (Å²) in [5.41, 5.74) is 2.37. The second kappa shape index (κ2) is 9.84. The molecule has 0 bridgehead atoms. The number of nitrogens with one attached hydrogen (secondary N) is 1. The molecule has 0 aliphatic heterocycles. The number of benzene rings is 2. The number of hydrogen-bond donors (Lipinski definition) is 2. The van der Waals surface area contributed by atoms with Gasteiger partial charge in [0.05, 0.1) is 7.11 Å². The van der Waals surface area contributed by atoms with Crippen molar-refractivity contribution >= 4 is 5.91 Å². The van der Waals surface area contributed by atoms with Crippen LogP contribution >= 0.6 is 0 Å². The first-order valence-corrected chi connectivity index (χ1v) is 8.88. The fraction of sp³-hybridized carbons (Fsp3) is 0.381. The molecule has 0 aromatic heterocycles. The lowest BCUT2D eigenvalue weighted by molar-refractivity contribution is -0.692. The zero-order chi connectivity index (χ0) is 18.1. The quantitative estimate of drug-likeness (QED) is 0.735. The van der Waals surface area contributed by atoms with Crippen LogP contribution in [0, 0.1) is 5.92 Å². The summed E-state index contributed by atoms with van der Waals surface area (Å²) in [5, 5.41) is 5.13. The molecule has 0 aliphatic carbocycles. The van der Waals surface area contributed by atoms with Crippen LogP contribution in [0.1, 0.15) is 31.0 Å². The van der Waals surface area contributed by atoms with Gasteiger partial charge in [-0.1, -0.05) is 62.4 Å². The Hall–Kier alpha value is -2.33. The summed E-state index contributed by atoms with van der Waals surface area (Å²) in [6, 6.07) is 18.6. The van der Waals surface area contributed by atoms with Crippen LogP contribution in [0.15, 0.2) is 54.6 Å². The smallest absolute Gasteiger partial charge is 0.275 e. The van der Waals surface area contributed by atoms with Gasteiger partial charge in [-0.05, 0) is 18.1 Å². The van der Waals surface area contributed by atoms with Crippen molar-refractivity contribution in [2.24, 2.45) is 5.92 Å². The monoisotopic (exact) mass is 341 g/mol. The molecule has 0 saturated carbocycles. The molecule has 0 aliphatic rings. The third-order valence-corrected chi connectivity index (χ3v) is 4.37. The van der Waals surface area contributed by atoms with E-state index in [0.717, 1.165) is 17.7 Å². The van der Waals surface area contributed by atoms with E-state index in [-0.39, 0.29) is 5.91 Å². The first kappa shape index (κ1) is 19.0. The number of hydrogen-bond acceptors (Lipinski definition) is 2. The highest BCUT2D eigenvalue weighted by molar-refractivity contribution is 5.76. The number of ether oxygens (including phenoxy) is 1. The van der Waals surface area contributed by atoms with Crippen molar-refractivity contribution in [1.29, 1.82) is 0 Å². The van der Waals surface area contributed by atoms with Crippen molar-refractivity contribution in [2.75, 3.05) is 20.2 Å². The SMILES string of the molecule is COc1ccccc1CCNC(=O)C[NH2+][C@@H](c1ccccc1)C(C)C. The van der Waals surface area contributed by atoms with Crippen LogP contribution in [0.5, 0.6) is 5.75 Å². The van der Waals surface area contributed by atoms with Gasteiger partial charge in [-0.25, -0.2) is 0 Å². The van der Waals surface area contributed by atoms with E-state index in [2.05, 4.69) is 36.6 Å². The van der Waals surface area contributed by atoms with Crippen LogP contribution in [0.4, 0.5) is 0 Å². The Balaban J connectivity index is 1.79. The summed E-state index contributed by atoms with van der Waals surface area (Å²) in [4.78, 5) is 12.2. The van der Waals surface area contributed by atoms with Crippen LogP contribution in [0.25, 0.3) is 0 Å². The van der Waals surface area contributed by atoms with E-state index in [4.69, 9.17) is 4.74 Å². The van der Waals surface area contributed by atoms with Crippen molar-refractivity contribution in [1.82, 2.24) is 5.32 Å². The standard InChI is InChI=1S/C21H28N2O2/c1-16(2)21(18-10-5-4-6-11-18)23-15-20(24)22-14-13-17-9-7-8-12-19(17)25-3/h4-12,16,21,23H,13-15H2,1-3H3,(H,22,24)/p+1/t21-/m1/s1. The summed E-state index contributed by atoms with van der Waals surface area (Å²) in [6.07, 6.45) is 0.766. The second-order valence-electron chi connectivity index (χ2n) is 6.53. The van der Waals surface area contributed by atoms with E-state index in [9.17, 15) is 4.79 Å². The van der Waals surface area contributed by atoms with Gasteiger partial charge in [-0.2, -0.15) is 0 Å². The van der Waals surface area contributed by atoms with E-state index >= 15 is 0 Å². The maximum absolute atomic E-state index is 12.2. The minimum absolute atomic E-state index is 0.0662. The highest BCUT2D eigenvalue weighted by atomic mass is 16.5. The Labute approximate surface area is 150 Å². The van der Waals surface area contributed by atoms with E-state index in [0.29, 0.717) is 25.0 Å². The molecule has 25 heavy (non-hydrogen) atoms. The molecule has 0 radical (unpaired) electrons. The number of amides is 1. The largest absolute Gasteiger partial charge is 0.496 e. The lowest BCUT2D eigenvalue weighted by atomic mass is 9.96. The predicted molar refractivity (Wildman–Crippen MR) is 101 cm³/mol. The molecule has 134 valence electrons. The van der Waals surface area contributed by atoms with Gasteiger partial charge < -0.3 is 15.4 Å². The van der Waals surface area contributed by atoms with Gasteiger partial charge in [0.15, 0.2) is 6.54 Å². The lowest BCUT2D eigenvalue weighted by Crippen LogP contribution is -2.88. The Morgan fingerprint density at radius 2 is 1.76 bits per heavy atom. The molecule has 2 aromatic carbocycles. The van der Waals surface area contributed by atoms with Gasteiger partial charge in [-0.15, -0.1) is 0 Å². The first-order valence-electron chi connectivity index (χ1n) is 8.88. The van der Waals surface area contributed by atoms with E-state index in [1.807, 2.05) is 42.5 Å². The molecule has 2 aromatic rings.